The average Bonchev–Trinajstić information content (AvgIpc) is 3.06. The standard InChI is InChI=1S/C18H25N3O2/c1-19(2)18(23)13-21-15-9-11-20(16(15)12-17(21)22)10-8-14-6-4-3-5-7-14/h3-7,15-16H,8-13H2,1-2H3/t15-,16+/m0/s1. The van der Waals surface area contributed by atoms with Crippen LogP contribution in [-0.4, -0.2) is 72.3 Å². The van der Waals surface area contributed by atoms with Gasteiger partial charge in [-0.2, -0.15) is 0 Å². The predicted octanol–water partition coefficient (Wildman–Crippen LogP) is 0.993. The van der Waals surface area contributed by atoms with Crippen LogP contribution < -0.4 is 0 Å². The van der Waals surface area contributed by atoms with E-state index in [9.17, 15) is 9.59 Å². The third kappa shape index (κ3) is 3.39. The summed E-state index contributed by atoms with van der Waals surface area (Å²) in [6.07, 6.45) is 2.54. The summed E-state index contributed by atoms with van der Waals surface area (Å²) in [4.78, 5) is 30.0. The minimum atomic E-state index is 0.00161. The first-order valence-corrected chi connectivity index (χ1v) is 8.34. The lowest BCUT2D eigenvalue weighted by Gasteiger charge is -2.26. The summed E-state index contributed by atoms with van der Waals surface area (Å²) in [5.41, 5.74) is 1.33. The summed E-state index contributed by atoms with van der Waals surface area (Å²) in [7, 11) is 3.47. The van der Waals surface area contributed by atoms with E-state index in [1.165, 1.54) is 5.56 Å². The normalized spacial score (nSPS) is 24.1. The van der Waals surface area contributed by atoms with Crippen LogP contribution in [0.5, 0.6) is 0 Å². The highest BCUT2D eigenvalue weighted by atomic mass is 16.2. The fourth-order valence-corrected chi connectivity index (χ4v) is 3.70. The molecule has 2 saturated heterocycles. The number of fused-ring (bicyclic) bond motifs is 1. The van der Waals surface area contributed by atoms with Crippen LogP contribution in [0.2, 0.25) is 0 Å². The van der Waals surface area contributed by atoms with Crippen molar-refractivity contribution in [3.8, 4) is 0 Å². The molecule has 0 saturated carbocycles. The Hall–Kier alpha value is -1.88. The summed E-state index contributed by atoms with van der Waals surface area (Å²) < 4.78 is 0. The number of likely N-dealkylation sites (tertiary alicyclic amines) is 2. The molecule has 5 nitrogen and oxygen atoms in total. The first kappa shape index (κ1) is 16.0. The van der Waals surface area contributed by atoms with Gasteiger partial charge in [0.15, 0.2) is 0 Å². The topological polar surface area (TPSA) is 43.9 Å². The van der Waals surface area contributed by atoms with Gasteiger partial charge in [-0.05, 0) is 18.4 Å². The van der Waals surface area contributed by atoms with Crippen LogP contribution in [0.4, 0.5) is 0 Å². The predicted molar refractivity (Wildman–Crippen MR) is 88.9 cm³/mol. The van der Waals surface area contributed by atoms with Crippen LogP contribution in [0.3, 0.4) is 0 Å². The highest BCUT2D eigenvalue weighted by Crippen LogP contribution is 2.32. The molecule has 2 aliphatic rings. The van der Waals surface area contributed by atoms with Crippen LogP contribution in [0.1, 0.15) is 18.4 Å². The minimum absolute atomic E-state index is 0.00161. The quantitative estimate of drug-likeness (QED) is 0.814. The lowest BCUT2D eigenvalue weighted by molar-refractivity contribution is -0.138. The van der Waals surface area contributed by atoms with Gasteiger partial charge in [0.1, 0.15) is 6.54 Å². The van der Waals surface area contributed by atoms with Crippen molar-refractivity contribution in [2.75, 3.05) is 33.7 Å². The van der Waals surface area contributed by atoms with Gasteiger partial charge < -0.3 is 9.80 Å². The van der Waals surface area contributed by atoms with Gasteiger partial charge in [-0.1, -0.05) is 30.3 Å². The molecule has 124 valence electrons. The zero-order valence-electron chi connectivity index (χ0n) is 13.9. The molecular formula is C18H25N3O2. The summed E-state index contributed by atoms with van der Waals surface area (Å²) in [5.74, 6) is 0.126. The molecule has 2 amide bonds. The van der Waals surface area contributed by atoms with Crippen molar-refractivity contribution < 1.29 is 9.59 Å². The Morgan fingerprint density at radius 1 is 1.22 bits per heavy atom. The van der Waals surface area contributed by atoms with Crippen LogP contribution in [0.25, 0.3) is 0 Å². The Kier molecular flexibility index (Phi) is 4.66. The fourth-order valence-electron chi connectivity index (χ4n) is 3.70. The van der Waals surface area contributed by atoms with Gasteiger partial charge in [0, 0.05) is 45.7 Å². The van der Waals surface area contributed by atoms with Crippen LogP contribution in [0, 0.1) is 0 Å². The molecule has 1 aromatic rings. The van der Waals surface area contributed by atoms with Gasteiger partial charge in [0.2, 0.25) is 11.8 Å². The number of hydrogen-bond acceptors (Lipinski definition) is 3. The van der Waals surface area contributed by atoms with Crippen molar-refractivity contribution in [1.29, 1.82) is 0 Å². The van der Waals surface area contributed by atoms with Crippen molar-refractivity contribution in [1.82, 2.24) is 14.7 Å². The highest BCUT2D eigenvalue weighted by Gasteiger charge is 2.46. The molecule has 2 fully saturated rings. The molecule has 2 heterocycles. The highest BCUT2D eigenvalue weighted by molar-refractivity contribution is 5.86. The number of rotatable bonds is 5. The summed E-state index contributed by atoms with van der Waals surface area (Å²) >= 11 is 0. The summed E-state index contributed by atoms with van der Waals surface area (Å²) in [6, 6.07) is 10.9. The van der Waals surface area contributed by atoms with Crippen molar-refractivity contribution >= 4 is 11.8 Å². The number of amides is 2. The Balaban J connectivity index is 1.59. The van der Waals surface area contributed by atoms with Crippen LogP contribution >= 0.6 is 0 Å². The zero-order valence-corrected chi connectivity index (χ0v) is 13.9. The van der Waals surface area contributed by atoms with E-state index in [0.29, 0.717) is 6.42 Å². The van der Waals surface area contributed by atoms with Gasteiger partial charge >= 0.3 is 0 Å². The van der Waals surface area contributed by atoms with Crippen molar-refractivity contribution in [2.24, 2.45) is 0 Å². The van der Waals surface area contributed by atoms with Gasteiger partial charge in [-0.3, -0.25) is 14.5 Å². The second-order valence-electron chi connectivity index (χ2n) is 6.71. The Morgan fingerprint density at radius 2 is 1.96 bits per heavy atom. The molecule has 3 rings (SSSR count). The molecular weight excluding hydrogens is 290 g/mol. The van der Waals surface area contributed by atoms with E-state index >= 15 is 0 Å². The number of nitrogens with zero attached hydrogens (tertiary/aromatic N) is 3. The number of benzene rings is 1. The molecule has 2 aliphatic heterocycles. The lowest BCUT2D eigenvalue weighted by Crippen LogP contribution is -2.43. The van der Waals surface area contributed by atoms with Gasteiger partial charge in [0.25, 0.3) is 0 Å². The molecule has 2 atom stereocenters. The Morgan fingerprint density at radius 3 is 2.65 bits per heavy atom. The van der Waals surface area contributed by atoms with E-state index in [4.69, 9.17) is 0 Å². The van der Waals surface area contributed by atoms with Gasteiger partial charge in [-0.15, -0.1) is 0 Å². The molecule has 0 N–H and O–H groups in total. The maximum Gasteiger partial charge on any atom is 0.241 e. The first-order valence-electron chi connectivity index (χ1n) is 8.34. The fraction of sp³-hybridized carbons (Fsp3) is 0.556. The maximum absolute atomic E-state index is 12.3. The SMILES string of the molecule is CN(C)C(=O)CN1C(=O)C[C@@H]2[C@@H]1CCN2CCc1ccccc1. The van der Waals surface area contributed by atoms with Gasteiger partial charge in [-0.25, -0.2) is 0 Å². The third-order valence-electron chi connectivity index (χ3n) is 5.06. The molecule has 0 aliphatic carbocycles. The second-order valence-corrected chi connectivity index (χ2v) is 6.71. The molecule has 5 heteroatoms. The smallest absolute Gasteiger partial charge is 0.241 e. The van der Waals surface area contributed by atoms with E-state index < -0.39 is 0 Å². The van der Waals surface area contributed by atoms with E-state index in [1.807, 2.05) is 6.07 Å². The molecule has 0 radical (unpaired) electrons. The molecule has 1 aromatic carbocycles. The second kappa shape index (κ2) is 6.71. The lowest BCUT2D eigenvalue weighted by atomic mass is 10.1. The Bertz CT molecular complexity index is 573. The molecule has 0 spiro atoms. The first-order chi connectivity index (χ1) is 11.1. The van der Waals surface area contributed by atoms with Crippen molar-refractivity contribution in [3.05, 3.63) is 35.9 Å². The minimum Gasteiger partial charge on any atom is -0.347 e. The van der Waals surface area contributed by atoms with Crippen molar-refractivity contribution in [2.45, 2.75) is 31.3 Å². The average molecular weight is 315 g/mol. The number of carbonyl (C=O) groups is 2. The molecule has 0 aromatic heterocycles. The van der Waals surface area contributed by atoms with E-state index in [-0.39, 0.29) is 30.4 Å². The monoisotopic (exact) mass is 315 g/mol. The summed E-state index contributed by atoms with van der Waals surface area (Å²) in [6.45, 7) is 2.22. The number of hydrogen-bond donors (Lipinski definition) is 0. The van der Waals surface area contributed by atoms with E-state index in [2.05, 4.69) is 29.2 Å². The molecule has 23 heavy (non-hydrogen) atoms. The largest absolute Gasteiger partial charge is 0.347 e. The van der Waals surface area contributed by atoms with E-state index in [1.54, 1.807) is 23.9 Å². The maximum atomic E-state index is 12.3. The number of likely N-dealkylation sites (N-methyl/N-ethyl adjacent to an activating group) is 1. The van der Waals surface area contributed by atoms with E-state index in [0.717, 1.165) is 25.9 Å². The summed E-state index contributed by atoms with van der Waals surface area (Å²) in [5, 5.41) is 0. The van der Waals surface area contributed by atoms with Crippen molar-refractivity contribution in [3.63, 3.8) is 0 Å². The molecule has 0 unspecified atom stereocenters. The number of carbonyl (C=O) groups excluding carboxylic acids is 2. The molecule has 0 bridgehead atoms. The third-order valence-corrected chi connectivity index (χ3v) is 5.06. The van der Waals surface area contributed by atoms with Gasteiger partial charge in [0.05, 0.1) is 0 Å². The van der Waals surface area contributed by atoms with Crippen LogP contribution in [0.15, 0.2) is 30.3 Å². The Labute approximate surface area is 137 Å². The zero-order chi connectivity index (χ0) is 16.4. The van der Waals surface area contributed by atoms with Crippen LogP contribution in [-0.2, 0) is 16.0 Å².